The van der Waals surface area contributed by atoms with Gasteiger partial charge >= 0.3 is 6.09 Å². The molecular weight excluding hydrogens is 290 g/mol. The van der Waals surface area contributed by atoms with E-state index in [9.17, 15) is 4.79 Å². The lowest BCUT2D eigenvalue weighted by molar-refractivity contribution is 0.0293. The van der Waals surface area contributed by atoms with E-state index in [4.69, 9.17) is 4.74 Å². The minimum atomic E-state index is -0.454. The van der Waals surface area contributed by atoms with E-state index in [1.54, 1.807) is 11.1 Å². The average molecular weight is 313 g/mol. The van der Waals surface area contributed by atoms with Gasteiger partial charge in [0.05, 0.1) is 0 Å². The van der Waals surface area contributed by atoms with E-state index in [-0.39, 0.29) is 12.1 Å². The molecule has 1 aliphatic heterocycles. The second-order valence-electron chi connectivity index (χ2n) is 6.96. The van der Waals surface area contributed by atoms with Gasteiger partial charge in [-0.15, -0.1) is 0 Å². The fourth-order valence-corrected chi connectivity index (χ4v) is 2.83. The van der Waals surface area contributed by atoms with Gasteiger partial charge in [-0.2, -0.15) is 0 Å². The number of nitrogens with one attached hydrogen (secondary N) is 1. The van der Waals surface area contributed by atoms with E-state index in [1.165, 1.54) is 0 Å². The quantitative estimate of drug-likeness (QED) is 0.919. The van der Waals surface area contributed by atoms with Crippen molar-refractivity contribution in [3.8, 4) is 0 Å². The van der Waals surface area contributed by atoms with Crippen LogP contribution in [-0.2, 0) is 4.74 Å². The zero-order chi connectivity index (χ0) is 16.4. The lowest BCUT2D eigenvalue weighted by Crippen LogP contribution is -2.36. The Kier molecular flexibility index (Phi) is 4.11. The summed E-state index contributed by atoms with van der Waals surface area (Å²) in [5.74, 6) is 0. The highest BCUT2D eigenvalue weighted by atomic mass is 16.6. The Bertz CT molecular complexity index is 703. The van der Waals surface area contributed by atoms with Crippen LogP contribution in [0.15, 0.2) is 36.7 Å². The normalized spacial score (nSPS) is 18.2. The van der Waals surface area contributed by atoms with Crippen molar-refractivity contribution in [2.24, 2.45) is 0 Å². The predicted molar refractivity (Wildman–Crippen MR) is 91.6 cm³/mol. The number of aromatic nitrogens is 1. The number of carbonyl (C=O) groups excluding carboxylic acids is 1. The number of hydrogen-bond acceptors (Lipinski definition) is 4. The molecule has 1 unspecified atom stereocenters. The van der Waals surface area contributed by atoms with Gasteiger partial charge in [-0.3, -0.25) is 4.98 Å². The highest BCUT2D eigenvalue weighted by Gasteiger charge is 2.29. The Morgan fingerprint density at radius 3 is 2.96 bits per heavy atom. The van der Waals surface area contributed by atoms with E-state index in [2.05, 4.69) is 22.4 Å². The maximum Gasteiger partial charge on any atom is 0.410 e. The van der Waals surface area contributed by atoms with Gasteiger partial charge in [0, 0.05) is 42.6 Å². The number of hydrogen-bond donors (Lipinski definition) is 1. The first-order valence-electron chi connectivity index (χ1n) is 7.99. The first kappa shape index (κ1) is 15.6. The van der Waals surface area contributed by atoms with Gasteiger partial charge in [0.2, 0.25) is 0 Å². The number of carbonyl (C=O) groups is 1. The summed E-state index contributed by atoms with van der Waals surface area (Å²) < 4.78 is 5.44. The largest absolute Gasteiger partial charge is 0.444 e. The molecule has 1 aromatic heterocycles. The van der Waals surface area contributed by atoms with Gasteiger partial charge in [0.1, 0.15) is 5.60 Å². The van der Waals surface area contributed by atoms with Gasteiger partial charge in [0.25, 0.3) is 0 Å². The van der Waals surface area contributed by atoms with Crippen molar-refractivity contribution in [3.63, 3.8) is 0 Å². The summed E-state index contributed by atoms with van der Waals surface area (Å²) in [6.45, 7) is 7.04. The third kappa shape index (κ3) is 3.73. The highest BCUT2D eigenvalue weighted by Crippen LogP contribution is 2.25. The summed E-state index contributed by atoms with van der Waals surface area (Å²) in [5, 5.41) is 5.80. The van der Waals surface area contributed by atoms with E-state index < -0.39 is 5.60 Å². The van der Waals surface area contributed by atoms with Crippen LogP contribution in [0.25, 0.3) is 10.8 Å². The van der Waals surface area contributed by atoms with Crippen LogP contribution in [-0.4, -0.2) is 40.7 Å². The van der Waals surface area contributed by atoms with Crippen LogP contribution in [0.3, 0.4) is 0 Å². The molecule has 0 saturated carbocycles. The Hall–Kier alpha value is -2.30. The number of rotatable bonds is 2. The Morgan fingerprint density at radius 2 is 2.17 bits per heavy atom. The molecule has 2 aromatic rings. The molecule has 23 heavy (non-hydrogen) atoms. The van der Waals surface area contributed by atoms with Crippen LogP contribution in [0, 0.1) is 0 Å². The van der Waals surface area contributed by atoms with Crippen LogP contribution < -0.4 is 5.32 Å². The van der Waals surface area contributed by atoms with Crippen molar-refractivity contribution in [1.29, 1.82) is 0 Å². The molecule has 1 aliphatic rings. The monoisotopic (exact) mass is 313 g/mol. The molecule has 0 spiro atoms. The third-order valence-corrected chi connectivity index (χ3v) is 3.88. The summed E-state index contributed by atoms with van der Waals surface area (Å²) in [5.41, 5.74) is 0.607. The molecule has 1 amide bonds. The molecule has 1 fully saturated rings. The summed E-state index contributed by atoms with van der Waals surface area (Å²) in [7, 11) is 0. The van der Waals surface area contributed by atoms with Crippen LogP contribution in [0.4, 0.5) is 10.5 Å². The van der Waals surface area contributed by atoms with E-state index in [1.807, 2.05) is 39.1 Å². The molecule has 1 saturated heterocycles. The minimum absolute atomic E-state index is 0.230. The molecule has 1 atom stereocenters. The van der Waals surface area contributed by atoms with Crippen molar-refractivity contribution in [2.45, 2.75) is 38.8 Å². The van der Waals surface area contributed by atoms with Crippen LogP contribution >= 0.6 is 0 Å². The average Bonchev–Trinajstić information content (AvgIpc) is 2.95. The fraction of sp³-hybridized carbons (Fsp3) is 0.444. The highest BCUT2D eigenvalue weighted by molar-refractivity contribution is 5.93. The van der Waals surface area contributed by atoms with E-state index in [0.29, 0.717) is 6.54 Å². The SMILES string of the molecule is CC(C)(C)OC(=O)N1CCC(Nc2cccc3ccncc23)C1. The van der Waals surface area contributed by atoms with Gasteiger partial charge in [-0.05, 0) is 44.7 Å². The van der Waals surface area contributed by atoms with E-state index >= 15 is 0 Å². The standard InChI is InChI=1S/C18H23N3O2/c1-18(2,3)23-17(22)21-10-8-14(12-21)20-16-6-4-5-13-7-9-19-11-15(13)16/h4-7,9,11,14,20H,8,10,12H2,1-3H3. The fourth-order valence-electron chi connectivity index (χ4n) is 2.83. The number of pyridine rings is 1. The van der Waals surface area contributed by atoms with Crippen molar-refractivity contribution in [2.75, 3.05) is 18.4 Å². The maximum atomic E-state index is 12.1. The second-order valence-corrected chi connectivity index (χ2v) is 6.96. The first-order valence-corrected chi connectivity index (χ1v) is 7.99. The summed E-state index contributed by atoms with van der Waals surface area (Å²) in [6, 6.07) is 8.39. The topological polar surface area (TPSA) is 54.5 Å². The molecule has 122 valence electrons. The molecule has 5 nitrogen and oxygen atoms in total. The second kappa shape index (κ2) is 6.07. The predicted octanol–water partition coefficient (Wildman–Crippen LogP) is 3.66. The number of anilines is 1. The summed E-state index contributed by atoms with van der Waals surface area (Å²) in [4.78, 5) is 18.1. The molecular formula is C18H23N3O2. The molecule has 1 N–H and O–H groups in total. The third-order valence-electron chi connectivity index (χ3n) is 3.88. The Balaban J connectivity index is 1.67. The zero-order valence-corrected chi connectivity index (χ0v) is 13.9. The van der Waals surface area contributed by atoms with Crippen molar-refractivity contribution >= 4 is 22.6 Å². The van der Waals surface area contributed by atoms with Gasteiger partial charge in [-0.1, -0.05) is 12.1 Å². The summed E-state index contributed by atoms with van der Waals surface area (Å²) in [6.07, 6.45) is 4.35. The van der Waals surface area contributed by atoms with Gasteiger partial charge in [0.15, 0.2) is 0 Å². The van der Waals surface area contributed by atoms with Crippen LogP contribution in [0.2, 0.25) is 0 Å². The lowest BCUT2D eigenvalue weighted by Gasteiger charge is -2.24. The molecule has 3 rings (SSSR count). The van der Waals surface area contributed by atoms with Gasteiger partial charge in [-0.25, -0.2) is 4.79 Å². The number of benzene rings is 1. The molecule has 2 heterocycles. The number of nitrogens with zero attached hydrogens (tertiary/aromatic N) is 2. The zero-order valence-electron chi connectivity index (χ0n) is 13.9. The minimum Gasteiger partial charge on any atom is -0.444 e. The van der Waals surface area contributed by atoms with Crippen molar-refractivity contribution in [1.82, 2.24) is 9.88 Å². The van der Waals surface area contributed by atoms with Crippen molar-refractivity contribution in [3.05, 3.63) is 36.7 Å². The number of ether oxygens (including phenoxy) is 1. The molecule has 5 heteroatoms. The summed E-state index contributed by atoms with van der Waals surface area (Å²) >= 11 is 0. The molecule has 1 aromatic carbocycles. The smallest absolute Gasteiger partial charge is 0.410 e. The molecule has 0 aliphatic carbocycles. The molecule has 0 bridgehead atoms. The Morgan fingerprint density at radius 1 is 1.35 bits per heavy atom. The number of amides is 1. The maximum absolute atomic E-state index is 12.1. The molecule has 0 radical (unpaired) electrons. The number of likely N-dealkylation sites (tertiary alicyclic amines) is 1. The first-order chi connectivity index (χ1) is 10.9. The Labute approximate surface area is 136 Å². The van der Waals surface area contributed by atoms with Crippen LogP contribution in [0.1, 0.15) is 27.2 Å². The van der Waals surface area contributed by atoms with Crippen molar-refractivity contribution < 1.29 is 9.53 Å². The van der Waals surface area contributed by atoms with Crippen LogP contribution in [0.5, 0.6) is 0 Å². The lowest BCUT2D eigenvalue weighted by atomic mass is 10.1. The number of fused-ring (bicyclic) bond motifs is 1. The van der Waals surface area contributed by atoms with E-state index in [0.717, 1.165) is 29.4 Å². The van der Waals surface area contributed by atoms with Gasteiger partial charge < -0.3 is 15.0 Å².